The van der Waals surface area contributed by atoms with Gasteiger partial charge in [0.1, 0.15) is 0 Å². The number of nitrogens with one attached hydrogen (secondary N) is 1. The molecule has 1 fully saturated rings. The first-order valence-corrected chi connectivity index (χ1v) is 3.83. The van der Waals surface area contributed by atoms with E-state index in [1.807, 2.05) is 0 Å². The fourth-order valence-corrected chi connectivity index (χ4v) is 1.21. The van der Waals surface area contributed by atoms with E-state index in [1.165, 1.54) is 0 Å². The molecule has 10 heavy (non-hydrogen) atoms. The van der Waals surface area contributed by atoms with Gasteiger partial charge in [-0.25, -0.2) is 0 Å². The van der Waals surface area contributed by atoms with Crippen molar-refractivity contribution < 1.29 is 9.84 Å². The average molecular weight is 145 g/mol. The standard InChI is InChI=1S/C7H15NO2/c1-6(9)10-7-2-4-8-5-3-7/h6-9H,2-5H2,1H3. The van der Waals surface area contributed by atoms with Crippen LogP contribution in [0.3, 0.4) is 0 Å². The molecule has 0 radical (unpaired) electrons. The molecule has 60 valence electrons. The second-order valence-electron chi connectivity index (χ2n) is 2.68. The molecule has 3 nitrogen and oxygen atoms in total. The van der Waals surface area contributed by atoms with Gasteiger partial charge in [0, 0.05) is 0 Å². The van der Waals surface area contributed by atoms with Gasteiger partial charge < -0.3 is 15.2 Å². The zero-order chi connectivity index (χ0) is 7.40. The number of piperidine rings is 1. The molecule has 0 amide bonds. The van der Waals surface area contributed by atoms with Crippen LogP contribution in [0, 0.1) is 0 Å². The Bertz CT molecular complexity index is 89.6. The van der Waals surface area contributed by atoms with Gasteiger partial charge in [0.05, 0.1) is 6.10 Å². The maximum Gasteiger partial charge on any atom is 0.152 e. The Kier molecular flexibility index (Phi) is 3.12. The third-order valence-electron chi connectivity index (χ3n) is 1.68. The van der Waals surface area contributed by atoms with Crippen molar-refractivity contribution in [1.82, 2.24) is 5.32 Å². The molecule has 1 aliphatic rings. The van der Waals surface area contributed by atoms with E-state index in [0.29, 0.717) is 0 Å². The molecule has 0 aromatic rings. The maximum atomic E-state index is 8.86. The van der Waals surface area contributed by atoms with Crippen LogP contribution in [-0.4, -0.2) is 30.6 Å². The molecule has 0 aromatic heterocycles. The molecule has 2 N–H and O–H groups in total. The summed E-state index contributed by atoms with van der Waals surface area (Å²) in [6, 6.07) is 0. The van der Waals surface area contributed by atoms with Crippen LogP contribution < -0.4 is 5.32 Å². The zero-order valence-electron chi connectivity index (χ0n) is 6.34. The molecule has 1 atom stereocenters. The maximum absolute atomic E-state index is 8.86. The van der Waals surface area contributed by atoms with Gasteiger partial charge >= 0.3 is 0 Å². The highest BCUT2D eigenvalue weighted by atomic mass is 16.6. The van der Waals surface area contributed by atoms with E-state index in [1.54, 1.807) is 6.92 Å². The normalized spacial score (nSPS) is 24.6. The van der Waals surface area contributed by atoms with E-state index in [9.17, 15) is 0 Å². The van der Waals surface area contributed by atoms with Crippen molar-refractivity contribution in [2.24, 2.45) is 0 Å². The van der Waals surface area contributed by atoms with E-state index >= 15 is 0 Å². The molecule has 1 saturated heterocycles. The lowest BCUT2D eigenvalue weighted by Crippen LogP contribution is -2.34. The predicted octanol–water partition coefficient (Wildman–Crippen LogP) is 0.0933. The van der Waals surface area contributed by atoms with Crippen LogP contribution >= 0.6 is 0 Å². The van der Waals surface area contributed by atoms with E-state index in [0.717, 1.165) is 25.9 Å². The number of hydrogen-bond donors (Lipinski definition) is 2. The zero-order valence-corrected chi connectivity index (χ0v) is 6.34. The summed E-state index contributed by atoms with van der Waals surface area (Å²) in [5.74, 6) is 0. The van der Waals surface area contributed by atoms with Crippen molar-refractivity contribution in [3.8, 4) is 0 Å². The lowest BCUT2D eigenvalue weighted by molar-refractivity contribution is -0.130. The Morgan fingerprint density at radius 2 is 2.10 bits per heavy atom. The average Bonchev–Trinajstić information content (AvgIpc) is 1.88. The van der Waals surface area contributed by atoms with E-state index in [4.69, 9.17) is 9.84 Å². The van der Waals surface area contributed by atoms with E-state index in [2.05, 4.69) is 5.32 Å². The summed E-state index contributed by atoms with van der Waals surface area (Å²) in [4.78, 5) is 0. The summed E-state index contributed by atoms with van der Waals surface area (Å²) in [5.41, 5.74) is 0. The first-order chi connectivity index (χ1) is 4.79. The SMILES string of the molecule is CC(O)OC1CCNCC1. The predicted molar refractivity (Wildman–Crippen MR) is 38.7 cm³/mol. The summed E-state index contributed by atoms with van der Waals surface area (Å²) >= 11 is 0. The van der Waals surface area contributed by atoms with Gasteiger partial charge in [-0.3, -0.25) is 0 Å². The number of rotatable bonds is 2. The lowest BCUT2D eigenvalue weighted by Gasteiger charge is -2.23. The van der Waals surface area contributed by atoms with Crippen molar-refractivity contribution in [1.29, 1.82) is 0 Å². The third kappa shape index (κ3) is 2.64. The summed E-state index contributed by atoms with van der Waals surface area (Å²) < 4.78 is 5.21. The largest absolute Gasteiger partial charge is 0.368 e. The second kappa shape index (κ2) is 3.91. The Labute approximate surface area is 61.4 Å². The van der Waals surface area contributed by atoms with Gasteiger partial charge in [0.15, 0.2) is 6.29 Å². The first kappa shape index (κ1) is 7.98. The molecule has 1 aliphatic heterocycles. The fourth-order valence-electron chi connectivity index (χ4n) is 1.21. The number of ether oxygens (including phenoxy) is 1. The van der Waals surface area contributed by atoms with Crippen molar-refractivity contribution in [3.63, 3.8) is 0 Å². The van der Waals surface area contributed by atoms with Crippen LogP contribution in [0.25, 0.3) is 0 Å². The summed E-state index contributed by atoms with van der Waals surface area (Å²) in [7, 11) is 0. The smallest absolute Gasteiger partial charge is 0.152 e. The molecule has 0 spiro atoms. The molecule has 1 heterocycles. The molecule has 0 aromatic carbocycles. The van der Waals surface area contributed by atoms with E-state index < -0.39 is 6.29 Å². The minimum Gasteiger partial charge on any atom is -0.368 e. The molecule has 3 heteroatoms. The van der Waals surface area contributed by atoms with Crippen LogP contribution in [0.1, 0.15) is 19.8 Å². The Morgan fingerprint density at radius 1 is 1.50 bits per heavy atom. The summed E-state index contributed by atoms with van der Waals surface area (Å²) in [5, 5.41) is 12.1. The van der Waals surface area contributed by atoms with Gasteiger partial charge in [0.2, 0.25) is 0 Å². The summed E-state index contributed by atoms with van der Waals surface area (Å²) in [6.07, 6.45) is 1.69. The van der Waals surface area contributed by atoms with Crippen LogP contribution in [0.5, 0.6) is 0 Å². The molecule has 1 rings (SSSR count). The number of aliphatic hydroxyl groups excluding tert-OH is 1. The Morgan fingerprint density at radius 3 is 2.60 bits per heavy atom. The van der Waals surface area contributed by atoms with Gasteiger partial charge in [-0.1, -0.05) is 0 Å². The molecular formula is C7H15NO2. The molecule has 0 aliphatic carbocycles. The fraction of sp³-hybridized carbons (Fsp3) is 1.00. The van der Waals surface area contributed by atoms with Gasteiger partial charge in [-0.05, 0) is 32.9 Å². The van der Waals surface area contributed by atoms with Crippen LogP contribution in [-0.2, 0) is 4.74 Å². The molecule has 0 bridgehead atoms. The van der Waals surface area contributed by atoms with Crippen LogP contribution in [0.4, 0.5) is 0 Å². The highest BCUT2D eigenvalue weighted by molar-refractivity contribution is 4.67. The molecule has 1 unspecified atom stereocenters. The Hall–Kier alpha value is -0.120. The number of hydrogen-bond acceptors (Lipinski definition) is 3. The van der Waals surface area contributed by atoms with Gasteiger partial charge in [-0.2, -0.15) is 0 Å². The second-order valence-corrected chi connectivity index (χ2v) is 2.68. The van der Waals surface area contributed by atoms with Crippen molar-refractivity contribution >= 4 is 0 Å². The minimum atomic E-state index is -0.608. The van der Waals surface area contributed by atoms with Crippen LogP contribution in [0.2, 0.25) is 0 Å². The van der Waals surface area contributed by atoms with Crippen molar-refractivity contribution in [2.45, 2.75) is 32.2 Å². The van der Waals surface area contributed by atoms with Crippen molar-refractivity contribution in [2.75, 3.05) is 13.1 Å². The minimum absolute atomic E-state index is 0.265. The van der Waals surface area contributed by atoms with Crippen LogP contribution in [0.15, 0.2) is 0 Å². The molecule has 0 saturated carbocycles. The third-order valence-corrected chi connectivity index (χ3v) is 1.68. The topological polar surface area (TPSA) is 41.5 Å². The molecular weight excluding hydrogens is 130 g/mol. The van der Waals surface area contributed by atoms with Gasteiger partial charge in [0.25, 0.3) is 0 Å². The summed E-state index contributed by atoms with van der Waals surface area (Å²) in [6.45, 7) is 3.68. The number of aliphatic hydroxyl groups is 1. The first-order valence-electron chi connectivity index (χ1n) is 3.83. The van der Waals surface area contributed by atoms with E-state index in [-0.39, 0.29) is 6.10 Å². The quantitative estimate of drug-likeness (QED) is 0.541. The van der Waals surface area contributed by atoms with Gasteiger partial charge in [-0.15, -0.1) is 0 Å². The highest BCUT2D eigenvalue weighted by Gasteiger charge is 2.14. The lowest BCUT2D eigenvalue weighted by atomic mass is 10.1. The monoisotopic (exact) mass is 145 g/mol. The Balaban J connectivity index is 2.13. The van der Waals surface area contributed by atoms with Crippen molar-refractivity contribution in [3.05, 3.63) is 0 Å². The highest BCUT2D eigenvalue weighted by Crippen LogP contribution is 2.08.